The van der Waals surface area contributed by atoms with E-state index in [4.69, 9.17) is 0 Å². The smallest absolute Gasteiger partial charge is 0.306 e. The Hall–Kier alpha value is -2.25. The Morgan fingerprint density at radius 2 is 2.09 bits per heavy atom. The van der Waals surface area contributed by atoms with E-state index in [0.29, 0.717) is 6.54 Å². The normalized spacial score (nSPS) is 13.7. The van der Waals surface area contributed by atoms with Crippen LogP contribution in [0.5, 0.6) is 0 Å². The van der Waals surface area contributed by atoms with Gasteiger partial charge >= 0.3 is 5.69 Å². The number of aliphatic hydroxyl groups excluding tert-OH is 1. The molecule has 1 aromatic heterocycles. The summed E-state index contributed by atoms with van der Waals surface area (Å²) in [6.45, 7) is 4.74. The van der Waals surface area contributed by atoms with Gasteiger partial charge in [0.15, 0.2) is 0 Å². The second-order valence-corrected chi connectivity index (χ2v) is 5.56. The Labute approximate surface area is 135 Å². The molecule has 124 valence electrons. The van der Waals surface area contributed by atoms with Crippen molar-refractivity contribution in [2.24, 2.45) is 0 Å². The highest BCUT2D eigenvalue weighted by Gasteiger charge is 2.13. The highest BCUT2D eigenvalue weighted by atomic mass is 16.6. The zero-order chi connectivity index (χ0) is 16.8. The van der Waals surface area contributed by atoms with Gasteiger partial charge in [-0.05, 0) is 24.5 Å². The average Bonchev–Trinajstić information content (AvgIpc) is 3.01. The Bertz CT molecular complexity index is 639. The fraction of sp³-hybridized carbons (Fsp3) is 0.438. The average molecular weight is 318 g/mol. The molecule has 2 rings (SSSR count). The molecule has 0 amide bonds. The summed E-state index contributed by atoms with van der Waals surface area (Å²) in [6.07, 6.45) is 2.83. The number of aryl methyl sites for hydroxylation is 1. The van der Waals surface area contributed by atoms with Crippen molar-refractivity contribution in [3.8, 4) is 0 Å². The predicted octanol–water partition coefficient (Wildman–Crippen LogP) is 2.07. The van der Waals surface area contributed by atoms with Crippen LogP contribution in [0.3, 0.4) is 0 Å². The van der Waals surface area contributed by atoms with Gasteiger partial charge in [0.2, 0.25) is 0 Å². The number of rotatable bonds is 8. The summed E-state index contributed by atoms with van der Waals surface area (Å²) in [5.74, 6) is 0. The predicted molar refractivity (Wildman–Crippen MR) is 87.1 cm³/mol. The standard InChI is InChI=1S/C16H22N4O3/c1-3-13-4-6-14(7-5-13)12(2)17-9-16(21)11-19-10-15(8-18-19)20(22)23/h4-8,10,12,16-17,21H,3,9,11H2,1-2H3. The minimum Gasteiger partial charge on any atom is -0.390 e. The van der Waals surface area contributed by atoms with Crippen molar-refractivity contribution in [2.75, 3.05) is 6.54 Å². The maximum atomic E-state index is 10.6. The fourth-order valence-corrected chi connectivity index (χ4v) is 2.30. The maximum Gasteiger partial charge on any atom is 0.306 e. The molecule has 23 heavy (non-hydrogen) atoms. The van der Waals surface area contributed by atoms with Crippen molar-refractivity contribution < 1.29 is 10.0 Å². The molecule has 2 unspecified atom stereocenters. The molecule has 2 aromatic rings. The van der Waals surface area contributed by atoms with E-state index in [-0.39, 0.29) is 18.3 Å². The van der Waals surface area contributed by atoms with Crippen LogP contribution in [-0.4, -0.2) is 32.5 Å². The summed E-state index contributed by atoms with van der Waals surface area (Å²) in [4.78, 5) is 10.1. The van der Waals surface area contributed by atoms with Crippen LogP contribution in [0.25, 0.3) is 0 Å². The molecular weight excluding hydrogens is 296 g/mol. The van der Waals surface area contributed by atoms with E-state index in [2.05, 4.69) is 41.6 Å². The summed E-state index contributed by atoms with van der Waals surface area (Å²) in [5, 5.41) is 27.8. The first-order valence-electron chi connectivity index (χ1n) is 7.66. The van der Waals surface area contributed by atoms with Crippen LogP contribution in [0.2, 0.25) is 0 Å². The van der Waals surface area contributed by atoms with Crippen molar-refractivity contribution in [3.63, 3.8) is 0 Å². The van der Waals surface area contributed by atoms with Crippen molar-refractivity contribution >= 4 is 5.69 Å². The molecule has 1 heterocycles. The first-order valence-corrected chi connectivity index (χ1v) is 7.66. The fourth-order valence-electron chi connectivity index (χ4n) is 2.30. The summed E-state index contributed by atoms with van der Waals surface area (Å²) in [6, 6.07) is 8.49. The number of nitro groups is 1. The molecule has 0 aliphatic carbocycles. The van der Waals surface area contributed by atoms with E-state index >= 15 is 0 Å². The van der Waals surface area contributed by atoms with Crippen molar-refractivity contribution in [3.05, 3.63) is 57.9 Å². The van der Waals surface area contributed by atoms with Gasteiger partial charge in [0.25, 0.3) is 0 Å². The lowest BCUT2D eigenvalue weighted by Gasteiger charge is -2.17. The monoisotopic (exact) mass is 318 g/mol. The van der Waals surface area contributed by atoms with Crippen molar-refractivity contribution in [1.82, 2.24) is 15.1 Å². The first kappa shape index (κ1) is 17.1. The summed E-state index contributed by atoms with van der Waals surface area (Å²) >= 11 is 0. The molecule has 2 N–H and O–H groups in total. The Morgan fingerprint density at radius 3 is 2.65 bits per heavy atom. The van der Waals surface area contributed by atoms with Gasteiger partial charge in [-0.1, -0.05) is 31.2 Å². The SMILES string of the molecule is CCc1ccc(C(C)NCC(O)Cn2cc([N+](=O)[O-])cn2)cc1. The minimum atomic E-state index is -0.674. The molecule has 0 fully saturated rings. The summed E-state index contributed by atoms with van der Waals surface area (Å²) < 4.78 is 1.38. The lowest BCUT2D eigenvalue weighted by molar-refractivity contribution is -0.385. The van der Waals surface area contributed by atoms with Crippen LogP contribution in [0.15, 0.2) is 36.7 Å². The van der Waals surface area contributed by atoms with Gasteiger partial charge < -0.3 is 10.4 Å². The van der Waals surface area contributed by atoms with Gasteiger partial charge in [0.1, 0.15) is 12.4 Å². The minimum absolute atomic E-state index is 0.0745. The number of nitrogens with zero attached hydrogens (tertiary/aromatic N) is 3. The van der Waals surface area contributed by atoms with Gasteiger partial charge in [-0.15, -0.1) is 0 Å². The van der Waals surface area contributed by atoms with Crippen LogP contribution in [0.4, 0.5) is 5.69 Å². The third-order valence-corrected chi connectivity index (χ3v) is 3.78. The highest BCUT2D eigenvalue weighted by Crippen LogP contribution is 2.14. The quantitative estimate of drug-likeness (QED) is 0.574. The Balaban J connectivity index is 1.82. The Kier molecular flexibility index (Phi) is 5.84. The van der Waals surface area contributed by atoms with E-state index in [0.717, 1.165) is 12.0 Å². The van der Waals surface area contributed by atoms with Gasteiger partial charge in [0, 0.05) is 12.6 Å². The van der Waals surface area contributed by atoms with Gasteiger partial charge in [-0.2, -0.15) is 5.10 Å². The molecule has 0 saturated carbocycles. The molecular formula is C16H22N4O3. The zero-order valence-corrected chi connectivity index (χ0v) is 13.3. The van der Waals surface area contributed by atoms with Crippen LogP contribution in [-0.2, 0) is 13.0 Å². The molecule has 0 spiro atoms. The lowest BCUT2D eigenvalue weighted by atomic mass is 10.0. The third kappa shape index (κ3) is 4.87. The van der Waals surface area contributed by atoms with Crippen molar-refractivity contribution in [2.45, 2.75) is 39.0 Å². The van der Waals surface area contributed by atoms with Crippen LogP contribution in [0, 0.1) is 10.1 Å². The first-order chi connectivity index (χ1) is 11.0. The molecule has 7 heteroatoms. The number of nitrogens with one attached hydrogen (secondary N) is 1. The molecule has 2 atom stereocenters. The molecule has 1 aromatic carbocycles. The second-order valence-electron chi connectivity index (χ2n) is 5.56. The summed E-state index contributed by atoms with van der Waals surface area (Å²) in [5.41, 5.74) is 2.37. The van der Waals surface area contributed by atoms with Gasteiger partial charge in [-0.25, -0.2) is 0 Å². The largest absolute Gasteiger partial charge is 0.390 e. The number of aliphatic hydroxyl groups is 1. The summed E-state index contributed by atoms with van der Waals surface area (Å²) in [7, 11) is 0. The third-order valence-electron chi connectivity index (χ3n) is 3.78. The van der Waals surface area contributed by atoms with E-state index < -0.39 is 11.0 Å². The van der Waals surface area contributed by atoms with E-state index in [1.54, 1.807) is 0 Å². The van der Waals surface area contributed by atoms with Crippen LogP contribution < -0.4 is 5.32 Å². The van der Waals surface area contributed by atoms with Gasteiger partial charge in [0.05, 0.1) is 17.6 Å². The topological polar surface area (TPSA) is 93.2 Å². The van der Waals surface area contributed by atoms with Crippen LogP contribution in [0.1, 0.15) is 31.0 Å². The molecule has 0 aliphatic rings. The number of hydrogen-bond donors (Lipinski definition) is 2. The lowest BCUT2D eigenvalue weighted by Crippen LogP contribution is -2.32. The van der Waals surface area contributed by atoms with Crippen LogP contribution >= 0.6 is 0 Å². The van der Waals surface area contributed by atoms with E-state index in [9.17, 15) is 15.2 Å². The number of benzene rings is 1. The highest BCUT2D eigenvalue weighted by molar-refractivity contribution is 5.24. The molecule has 0 bridgehead atoms. The van der Waals surface area contributed by atoms with Gasteiger partial charge in [-0.3, -0.25) is 14.8 Å². The molecule has 0 aliphatic heterocycles. The number of hydrogen-bond acceptors (Lipinski definition) is 5. The zero-order valence-electron chi connectivity index (χ0n) is 13.3. The molecule has 0 radical (unpaired) electrons. The van der Waals surface area contributed by atoms with E-state index in [1.807, 2.05) is 6.92 Å². The number of aromatic nitrogens is 2. The van der Waals surface area contributed by atoms with E-state index in [1.165, 1.54) is 22.6 Å². The van der Waals surface area contributed by atoms with Crippen molar-refractivity contribution in [1.29, 1.82) is 0 Å². The molecule has 0 saturated heterocycles. The Morgan fingerprint density at radius 1 is 1.39 bits per heavy atom. The maximum absolute atomic E-state index is 10.6. The molecule has 7 nitrogen and oxygen atoms in total. The second kappa shape index (κ2) is 7.85.